The third kappa shape index (κ3) is 4.11. The molecule has 5 rings (SSSR count). The Morgan fingerprint density at radius 3 is 2.58 bits per heavy atom. The van der Waals surface area contributed by atoms with E-state index >= 15 is 0 Å². The number of rotatable bonds is 7. The molecule has 1 aliphatic heterocycles. The average Bonchev–Trinajstić information content (AvgIpc) is 3.16. The lowest BCUT2D eigenvalue weighted by molar-refractivity contribution is 0.0970. The maximum Gasteiger partial charge on any atom is 0.296 e. The molecule has 0 bridgehead atoms. The van der Waals surface area contributed by atoms with Crippen molar-refractivity contribution in [3.63, 3.8) is 0 Å². The SMILES string of the molecule is COc1cc([C@H]2c3c(oc4ccccc4c3=O)C(=O)N2c2cccc(C)n2)ccc1OCCC(C)C. The van der Waals surface area contributed by atoms with Gasteiger partial charge in [0, 0.05) is 5.69 Å². The third-order valence-electron chi connectivity index (χ3n) is 6.35. The van der Waals surface area contributed by atoms with E-state index in [4.69, 9.17) is 13.9 Å². The van der Waals surface area contributed by atoms with Crippen LogP contribution in [0.5, 0.6) is 11.5 Å². The highest BCUT2D eigenvalue weighted by Gasteiger charge is 2.44. The summed E-state index contributed by atoms with van der Waals surface area (Å²) in [4.78, 5) is 33.5. The van der Waals surface area contributed by atoms with E-state index in [0.29, 0.717) is 46.4 Å². The number of hydrogen-bond acceptors (Lipinski definition) is 6. The van der Waals surface area contributed by atoms with Gasteiger partial charge in [-0.1, -0.05) is 38.1 Å². The van der Waals surface area contributed by atoms with Crippen LogP contribution in [0.1, 0.15) is 53.7 Å². The number of ether oxygens (including phenoxy) is 2. The zero-order valence-corrected chi connectivity index (χ0v) is 20.8. The Bertz CT molecular complexity index is 1510. The number of amides is 1. The Hall–Kier alpha value is -4.13. The molecule has 0 unspecified atom stereocenters. The van der Waals surface area contributed by atoms with E-state index in [-0.39, 0.29) is 16.8 Å². The number of carbonyl (C=O) groups excluding carboxylic acids is 1. The van der Waals surface area contributed by atoms with Gasteiger partial charge in [0.1, 0.15) is 11.4 Å². The van der Waals surface area contributed by atoms with Crippen LogP contribution in [0.4, 0.5) is 5.82 Å². The molecule has 3 heterocycles. The molecular weight excluding hydrogens is 456 g/mol. The van der Waals surface area contributed by atoms with Crippen molar-refractivity contribution in [2.24, 2.45) is 5.92 Å². The maximum atomic E-state index is 13.7. The molecule has 36 heavy (non-hydrogen) atoms. The van der Waals surface area contributed by atoms with Gasteiger partial charge in [-0.15, -0.1) is 0 Å². The van der Waals surface area contributed by atoms with Crippen LogP contribution in [0.15, 0.2) is 69.9 Å². The van der Waals surface area contributed by atoms with E-state index in [0.717, 1.165) is 12.1 Å². The van der Waals surface area contributed by atoms with Crippen molar-refractivity contribution in [2.45, 2.75) is 33.2 Å². The van der Waals surface area contributed by atoms with Gasteiger partial charge in [-0.3, -0.25) is 14.5 Å². The molecule has 4 aromatic rings. The van der Waals surface area contributed by atoms with Crippen LogP contribution in [0.25, 0.3) is 11.0 Å². The molecule has 0 fully saturated rings. The molecule has 1 amide bonds. The van der Waals surface area contributed by atoms with Crippen LogP contribution >= 0.6 is 0 Å². The maximum absolute atomic E-state index is 13.7. The van der Waals surface area contributed by atoms with Crippen molar-refractivity contribution in [3.8, 4) is 11.5 Å². The smallest absolute Gasteiger partial charge is 0.296 e. The molecule has 2 aromatic carbocycles. The topological polar surface area (TPSA) is 81.9 Å². The van der Waals surface area contributed by atoms with E-state index in [9.17, 15) is 9.59 Å². The first-order valence-electron chi connectivity index (χ1n) is 12.0. The highest BCUT2D eigenvalue weighted by molar-refractivity contribution is 6.10. The molecule has 0 saturated carbocycles. The minimum absolute atomic E-state index is 0.0308. The number of carbonyl (C=O) groups is 1. The number of methoxy groups -OCH3 is 1. The number of fused-ring (bicyclic) bond motifs is 2. The Balaban J connectivity index is 1.68. The third-order valence-corrected chi connectivity index (χ3v) is 6.35. The zero-order valence-electron chi connectivity index (χ0n) is 20.8. The molecule has 0 aliphatic carbocycles. The minimum atomic E-state index is -0.735. The molecule has 7 nitrogen and oxygen atoms in total. The average molecular weight is 485 g/mol. The number of aryl methyl sites for hydroxylation is 1. The van der Waals surface area contributed by atoms with Crippen molar-refractivity contribution in [2.75, 3.05) is 18.6 Å². The summed E-state index contributed by atoms with van der Waals surface area (Å²) < 4.78 is 17.6. The highest BCUT2D eigenvalue weighted by atomic mass is 16.5. The largest absolute Gasteiger partial charge is 0.493 e. The molecule has 0 radical (unpaired) electrons. The van der Waals surface area contributed by atoms with Gasteiger partial charge in [0.25, 0.3) is 5.91 Å². The second kappa shape index (κ2) is 9.49. The van der Waals surface area contributed by atoms with Crippen molar-refractivity contribution in [3.05, 3.63) is 93.5 Å². The molecule has 7 heteroatoms. The lowest BCUT2D eigenvalue weighted by atomic mass is 9.98. The first-order valence-corrected chi connectivity index (χ1v) is 12.0. The van der Waals surface area contributed by atoms with Crippen LogP contribution in [-0.4, -0.2) is 24.6 Å². The van der Waals surface area contributed by atoms with Gasteiger partial charge >= 0.3 is 0 Å². The summed E-state index contributed by atoms with van der Waals surface area (Å²) in [5, 5.41) is 0.425. The normalized spacial score (nSPS) is 15.0. The Kier molecular flexibility index (Phi) is 6.22. The number of pyridine rings is 1. The number of aromatic nitrogens is 1. The molecule has 1 aliphatic rings. The van der Waals surface area contributed by atoms with Gasteiger partial charge in [0.15, 0.2) is 16.9 Å². The fourth-order valence-corrected chi connectivity index (χ4v) is 4.51. The van der Waals surface area contributed by atoms with Crippen molar-refractivity contribution < 1.29 is 18.7 Å². The number of nitrogens with zero attached hydrogens (tertiary/aromatic N) is 2. The van der Waals surface area contributed by atoms with Crippen molar-refractivity contribution in [1.29, 1.82) is 0 Å². The number of hydrogen-bond donors (Lipinski definition) is 0. The first-order chi connectivity index (χ1) is 17.4. The molecular formula is C29H28N2O5. The predicted octanol–water partition coefficient (Wildman–Crippen LogP) is 5.68. The molecule has 0 saturated heterocycles. The van der Waals surface area contributed by atoms with Crippen molar-refractivity contribution in [1.82, 2.24) is 4.98 Å². The second-order valence-corrected chi connectivity index (χ2v) is 9.33. The summed E-state index contributed by atoms with van der Waals surface area (Å²) >= 11 is 0. The van der Waals surface area contributed by atoms with Gasteiger partial charge in [0.05, 0.1) is 30.7 Å². The molecule has 2 aromatic heterocycles. The molecule has 0 N–H and O–H groups in total. The van der Waals surface area contributed by atoms with Gasteiger partial charge in [0.2, 0.25) is 5.76 Å². The van der Waals surface area contributed by atoms with Gasteiger partial charge < -0.3 is 13.9 Å². The van der Waals surface area contributed by atoms with Crippen LogP contribution in [0.3, 0.4) is 0 Å². The number of anilines is 1. The summed E-state index contributed by atoms with van der Waals surface area (Å²) in [5.41, 5.74) is 1.87. The lowest BCUT2D eigenvalue weighted by Gasteiger charge is -2.25. The zero-order chi connectivity index (χ0) is 25.4. The van der Waals surface area contributed by atoms with Gasteiger partial charge in [-0.2, -0.15) is 0 Å². The summed E-state index contributed by atoms with van der Waals surface area (Å²) in [6.07, 6.45) is 0.913. The Labute approximate surface area is 209 Å². The van der Waals surface area contributed by atoms with E-state index in [1.807, 2.05) is 37.3 Å². The van der Waals surface area contributed by atoms with Gasteiger partial charge in [-0.25, -0.2) is 4.98 Å². The highest BCUT2D eigenvalue weighted by Crippen LogP contribution is 2.42. The van der Waals surface area contributed by atoms with Crippen molar-refractivity contribution >= 4 is 22.7 Å². The summed E-state index contributed by atoms with van der Waals surface area (Å²) in [5.74, 6) is 1.71. The standard InChI is InChI=1S/C29H28N2O5/c1-17(2)14-15-35-22-13-12-19(16-23(22)34-4)26-25-27(32)20-9-5-6-10-21(20)36-28(25)29(33)31(26)24-11-7-8-18(3)30-24/h5-13,16-17,26H,14-15H2,1-4H3/t26-/m0/s1. The summed E-state index contributed by atoms with van der Waals surface area (Å²) in [7, 11) is 1.57. The fraction of sp³-hybridized carbons (Fsp3) is 0.276. The minimum Gasteiger partial charge on any atom is -0.493 e. The van der Waals surface area contributed by atoms with E-state index < -0.39 is 11.9 Å². The molecule has 184 valence electrons. The second-order valence-electron chi connectivity index (χ2n) is 9.33. The summed E-state index contributed by atoms with van der Waals surface area (Å²) in [6, 6.07) is 17.2. The number of benzene rings is 2. The van der Waals surface area contributed by atoms with E-state index in [1.165, 1.54) is 4.90 Å². The monoisotopic (exact) mass is 484 g/mol. The summed E-state index contributed by atoms with van der Waals surface area (Å²) in [6.45, 7) is 6.70. The quantitative estimate of drug-likeness (QED) is 0.336. The predicted molar refractivity (Wildman–Crippen MR) is 138 cm³/mol. The van der Waals surface area contributed by atoms with E-state index in [2.05, 4.69) is 18.8 Å². The fourth-order valence-electron chi connectivity index (χ4n) is 4.51. The van der Waals surface area contributed by atoms with Crippen LogP contribution in [0.2, 0.25) is 0 Å². The molecule has 0 spiro atoms. The Morgan fingerprint density at radius 1 is 1.03 bits per heavy atom. The van der Waals surface area contributed by atoms with Gasteiger partial charge in [-0.05, 0) is 61.2 Å². The van der Waals surface area contributed by atoms with Crippen LogP contribution in [-0.2, 0) is 0 Å². The molecule has 1 atom stereocenters. The first kappa shape index (κ1) is 23.6. The lowest BCUT2D eigenvalue weighted by Crippen LogP contribution is -2.30. The van der Waals surface area contributed by atoms with Crippen LogP contribution < -0.4 is 19.8 Å². The Morgan fingerprint density at radius 2 is 1.83 bits per heavy atom. The van der Waals surface area contributed by atoms with E-state index in [1.54, 1.807) is 37.4 Å². The van der Waals surface area contributed by atoms with Crippen LogP contribution in [0, 0.1) is 12.8 Å². The number of para-hydroxylation sites is 1.